The normalized spacial score (nSPS) is 9.33. The van der Waals surface area contributed by atoms with Crippen molar-refractivity contribution in [3.8, 4) is 12.1 Å². The summed E-state index contributed by atoms with van der Waals surface area (Å²) in [7, 11) is 3.58. The maximum Gasteiger partial charge on any atom is 0.152 e. The fraction of sp³-hybridized carbons (Fsp3) is 0.143. The van der Waals surface area contributed by atoms with Gasteiger partial charge in [-0.1, -0.05) is 18.2 Å². The molecule has 90 valence electrons. The van der Waals surface area contributed by atoms with E-state index in [0.29, 0.717) is 5.70 Å². The highest BCUT2D eigenvalue weighted by atomic mass is 15.1. The number of hydrogen-bond acceptors (Lipinski definition) is 4. The van der Waals surface area contributed by atoms with E-state index in [1.54, 1.807) is 31.3 Å². The lowest BCUT2D eigenvalue weighted by Gasteiger charge is -2.13. The molecule has 0 bridgehead atoms. The second-order valence-corrected chi connectivity index (χ2v) is 3.72. The Morgan fingerprint density at radius 2 is 1.78 bits per heavy atom. The van der Waals surface area contributed by atoms with Crippen LogP contribution >= 0.6 is 0 Å². The van der Waals surface area contributed by atoms with Crippen molar-refractivity contribution >= 4 is 5.69 Å². The average Bonchev–Trinajstić information content (AvgIpc) is 2.39. The SMILES string of the molecule is CN(C)C(/C=C/Nc1ccccc1)=C(C#N)C#N. The number of nitriles is 2. The van der Waals surface area contributed by atoms with Crippen LogP contribution in [0.3, 0.4) is 0 Å². The second kappa shape index (κ2) is 6.78. The van der Waals surface area contributed by atoms with Crippen LogP contribution in [0.4, 0.5) is 5.69 Å². The number of nitrogens with one attached hydrogen (secondary N) is 1. The molecule has 0 aromatic heterocycles. The zero-order chi connectivity index (χ0) is 13.4. The summed E-state index contributed by atoms with van der Waals surface area (Å²) in [5, 5.41) is 20.8. The molecule has 0 unspecified atom stereocenters. The first-order chi connectivity index (χ1) is 8.69. The Labute approximate surface area is 107 Å². The van der Waals surface area contributed by atoms with E-state index in [1.807, 2.05) is 42.5 Å². The van der Waals surface area contributed by atoms with E-state index in [-0.39, 0.29) is 5.57 Å². The number of anilines is 1. The third-order valence-electron chi connectivity index (χ3n) is 2.23. The van der Waals surface area contributed by atoms with E-state index >= 15 is 0 Å². The van der Waals surface area contributed by atoms with Crippen molar-refractivity contribution in [1.82, 2.24) is 4.90 Å². The van der Waals surface area contributed by atoms with Gasteiger partial charge >= 0.3 is 0 Å². The number of nitrogens with zero attached hydrogens (tertiary/aromatic N) is 3. The highest BCUT2D eigenvalue weighted by Gasteiger charge is 2.04. The Morgan fingerprint density at radius 3 is 2.28 bits per heavy atom. The van der Waals surface area contributed by atoms with Gasteiger partial charge in [0, 0.05) is 26.0 Å². The molecule has 0 spiro atoms. The maximum absolute atomic E-state index is 8.85. The molecule has 0 saturated carbocycles. The van der Waals surface area contributed by atoms with Gasteiger partial charge in [0.05, 0.1) is 5.70 Å². The van der Waals surface area contributed by atoms with Crippen molar-refractivity contribution in [3.05, 3.63) is 53.9 Å². The molecule has 1 rings (SSSR count). The summed E-state index contributed by atoms with van der Waals surface area (Å²) in [6.45, 7) is 0. The van der Waals surface area contributed by atoms with Gasteiger partial charge in [0.25, 0.3) is 0 Å². The van der Waals surface area contributed by atoms with Gasteiger partial charge in [-0.25, -0.2) is 0 Å². The minimum Gasteiger partial charge on any atom is -0.376 e. The smallest absolute Gasteiger partial charge is 0.152 e. The highest BCUT2D eigenvalue weighted by Crippen LogP contribution is 2.09. The Balaban J connectivity index is 2.85. The van der Waals surface area contributed by atoms with Gasteiger partial charge in [-0.15, -0.1) is 0 Å². The molecule has 0 amide bonds. The van der Waals surface area contributed by atoms with E-state index in [2.05, 4.69) is 5.32 Å². The van der Waals surface area contributed by atoms with E-state index in [9.17, 15) is 0 Å². The molecule has 1 aromatic rings. The average molecular weight is 238 g/mol. The molecule has 4 heteroatoms. The molecule has 0 atom stereocenters. The monoisotopic (exact) mass is 238 g/mol. The topological polar surface area (TPSA) is 62.9 Å². The Morgan fingerprint density at radius 1 is 1.17 bits per heavy atom. The molecule has 0 heterocycles. The van der Waals surface area contributed by atoms with Crippen LogP contribution in [0.2, 0.25) is 0 Å². The third kappa shape index (κ3) is 3.70. The minimum atomic E-state index is 0.0890. The Bertz CT molecular complexity index is 511. The van der Waals surface area contributed by atoms with E-state index in [0.717, 1.165) is 5.69 Å². The largest absolute Gasteiger partial charge is 0.376 e. The van der Waals surface area contributed by atoms with Gasteiger partial charge in [-0.05, 0) is 18.2 Å². The molecule has 4 nitrogen and oxygen atoms in total. The lowest BCUT2D eigenvalue weighted by molar-refractivity contribution is 0.527. The molecule has 0 aliphatic carbocycles. The maximum atomic E-state index is 8.85. The molecule has 0 radical (unpaired) electrons. The number of benzene rings is 1. The third-order valence-corrected chi connectivity index (χ3v) is 2.23. The van der Waals surface area contributed by atoms with Crippen molar-refractivity contribution in [1.29, 1.82) is 10.5 Å². The fourth-order valence-corrected chi connectivity index (χ4v) is 1.35. The predicted molar refractivity (Wildman–Crippen MR) is 71.1 cm³/mol. The Kier molecular flexibility index (Phi) is 5.02. The van der Waals surface area contributed by atoms with Crippen molar-refractivity contribution in [2.24, 2.45) is 0 Å². The van der Waals surface area contributed by atoms with Crippen LogP contribution in [0.15, 0.2) is 53.9 Å². The van der Waals surface area contributed by atoms with Gasteiger partial charge in [-0.3, -0.25) is 0 Å². The molecule has 0 fully saturated rings. The van der Waals surface area contributed by atoms with E-state index in [4.69, 9.17) is 10.5 Å². The first kappa shape index (κ1) is 13.3. The molecule has 0 saturated heterocycles. The van der Waals surface area contributed by atoms with Gasteiger partial charge < -0.3 is 10.2 Å². The quantitative estimate of drug-likeness (QED) is 0.646. The zero-order valence-electron chi connectivity index (χ0n) is 10.4. The molecule has 1 aromatic carbocycles. The summed E-state index contributed by atoms with van der Waals surface area (Å²) >= 11 is 0. The summed E-state index contributed by atoms with van der Waals surface area (Å²) in [5.74, 6) is 0. The van der Waals surface area contributed by atoms with Crippen molar-refractivity contribution in [2.45, 2.75) is 0 Å². The van der Waals surface area contributed by atoms with Crippen LogP contribution in [0, 0.1) is 22.7 Å². The summed E-state index contributed by atoms with van der Waals surface area (Å²) in [6, 6.07) is 13.4. The van der Waals surface area contributed by atoms with Crippen LogP contribution in [-0.4, -0.2) is 19.0 Å². The van der Waals surface area contributed by atoms with Crippen LogP contribution in [0.25, 0.3) is 0 Å². The molecule has 0 aliphatic heterocycles. The van der Waals surface area contributed by atoms with Gasteiger partial charge in [0.2, 0.25) is 0 Å². The van der Waals surface area contributed by atoms with Crippen LogP contribution < -0.4 is 5.32 Å². The standard InChI is InChI=1S/C14H14N4/c1-18(2)14(12(10-15)11-16)8-9-17-13-6-4-3-5-7-13/h3-9,17H,1-2H3/b9-8+. The molecule has 1 N–H and O–H groups in total. The lowest BCUT2D eigenvalue weighted by atomic mass is 10.2. The summed E-state index contributed by atoms with van der Waals surface area (Å²) < 4.78 is 0. The number of rotatable bonds is 4. The van der Waals surface area contributed by atoms with Gasteiger partial charge in [0.1, 0.15) is 12.1 Å². The van der Waals surface area contributed by atoms with Crippen molar-refractivity contribution in [2.75, 3.05) is 19.4 Å². The zero-order valence-corrected chi connectivity index (χ0v) is 10.4. The Hall–Kier alpha value is -2.72. The van der Waals surface area contributed by atoms with Crippen LogP contribution in [0.5, 0.6) is 0 Å². The van der Waals surface area contributed by atoms with E-state index in [1.165, 1.54) is 0 Å². The van der Waals surface area contributed by atoms with Gasteiger partial charge in [-0.2, -0.15) is 10.5 Å². The van der Waals surface area contributed by atoms with Crippen LogP contribution in [0.1, 0.15) is 0 Å². The van der Waals surface area contributed by atoms with Crippen molar-refractivity contribution in [3.63, 3.8) is 0 Å². The number of allylic oxidation sites excluding steroid dienone is 2. The number of likely N-dealkylation sites (N-methyl/N-ethyl adjacent to an activating group) is 1. The first-order valence-electron chi connectivity index (χ1n) is 5.39. The minimum absolute atomic E-state index is 0.0890. The van der Waals surface area contributed by atoms with E-state index < -0.39 is 0 Å². The molecule has 18 heavy (non-hydrogen) atoms. The van der Waals surface area contributed by atoms with Gasteiger partial charge in [0.15, 0.2) is 5.57 Å². The number of para-hydroxylation sites is 1. The summed E-state index contributed by atoms with van der Waals surface area (Å²) in [6.07, 6.45) is 3.41. The predicted octanol–water partition coefficient (Wildman–Crippen LogP) is 2.48. The van der Waals surface area contributed by atoms with Crippen molar-refractivity contribution < 1.29 is 0 Å². The highest BCUT2D eigenvalue weighted by molar-refractivity contribution is 5.48. The fourth-order valence-electron chi connectivity index (χ4n) is 1.35. The molecule has 0 aliphatic rings. The molecular formula is C14H14N4. The second-order valence-electron chi connectivity index (χ2n) is 3.72. The first-order valence-corrected chi connectivity index (χ1v) is 5.39. The lowest BCUT2D eigenvalue weighted by Crippen LogP contribution is -2.11. The number of hydrogen-bond donors (Lipinski definition) is 1. The summed E-state index contributed by atoms with van der Waals surface area (Å²) in [4.78, 5) is 1.73. The molecular weight excluding hydrogens is 224 g/mol. The summed E-state index contributed by atoms with van der Waals surface area (Å²) in [5.41, 5.74) is 1.61. The van der Waals surface area contributed by atoms with Crippen LogP contribution in [-0.2, 0) is 0 Å².